The fraction of sp³-hybridized carbons (Fsp3) is 0.238. The van der Waals surface area contributed by atoms with Crippen LogP contribution in [0.5, 0.6) is 0 Å². The molecule has 0 saturated carbocycles. The summed E-state index contributed by atoms with van der Waals surface area (Å²) in [6, 6.07) is 13.3. The summed E-state index contributed by atoms with van der Waals surface area (Å²) in [5.41, 5.74) is 10.4. The van der Waals surface area contributed by atoms with Crippen molar-refractivity contribution >= 4 is 29.0 Å². The predicted molar refractivity (Wildman–Crippen MR) is 113 cm³/mol. The summed E-state index contributed by atoms with van der Waals surface area (Å²) in [5.74, 6) is -0.741. The first-order valence-electron chi connectivity index (χ1n) is 9.34. The van der Waals surface area contributed by atoms with Crippen molar-refractivity contribution in [2.75, 3.05) is 16.4 Å². The van der Waals surface area contributed by atoms with E-state index in [1.165, 1.54) is 4.68 Å². The molecule has 2 aromatic carbocycles. The van der Waals surface area contributed by atoms with E-state index in [0.717, 1.165) is 28.8 Å². The Morgan fingerprint density at radius 2 is 1.83 bits per heavy atom. The van der Waals surface area contributed by atoms with Crippen molar-refractivity contribution in [2.24, 2.45) is 0 Å². The number of nitrogens with two attached hydrogens (primary N) is 1. The number of para-hydroxylation sites is 1. The number of anilines is 3. The Bertz CT molecular complexity index is 1060. The second kappa shape index (κ2) is 8.55. The molecule has 0 bridgehead atoms. The molecule has 0 saturated heterocycles. The van der Waals surface area contributed by atoms with E-state index in [-0.39, 0.29) is 24.0 Å². The molecule has 2 amide bonds. The van der Waals surface area contributed by atoms with E-state index in [2.05, 4.69) is 20.9 Å². The lowest BCUT2D eigenvalue weighted by Gasteiger charge is -2.10. The number of carbonyl (C=O) groups excluding carboxylic acids is 2. The molecule has 0 atom stereocenters. The second-order valence-electron chi connectivity index (χ2n) is 6.81. The van der Waals surface area contributed by atoms with Crippen LogP contribution in [0.2, 0.25) is 0 Å². The first-order valence-corrected chi connectivity index (χ1v) is 9.34. The second-order valence-corrected chi connectivity index (χ2v) is 6.81. The monoisotopic (exact) mass is 392 g/mol. The summed E-state index contributed by atoms with van der Waals surface area (Å²) in [4.78, 5) is 25.0. The van der Waals surface area contributed by atoms with Crippen molar-refractivity contribution in [3.8, 4) is 0 Å². The molecule has 0 aliphatic rings. The van der Waals surface area contributed by atoms with Gasteiger partial charge in [0, 0.05) is 11.4 Å². The summed E-state index contributed by atoms with van der Waals surface area (Å²) in [5, 5.41) is 13.4. The smallest absolute Gasteiger partial charge is 0.280 e. The summed E-state index contributed by atoms with van der Waals surface area (Å²) >= 11 is 0. The van der Waals surface area contributed by atoms with E-state index in [4.69, 9.17) is 5.73 Å². The average Bonchev–Trinajstić information content (AvgIpc) is 3.05. The number of hydrogen-bond donors (Lipinski definition) is 3. The molecular formula is C21H24N6O2. The molecular weight excluding hydrogens is 368 g/mol. The number of hydrogen-bond acceptors (Lipinski definition) is 5. The third-order valence-electron chi connectivity index (χ3n) is 4.60. The number of nitrogens with one attached hydrogen (secondary N) is 2. The van der Waals surface area contributed by atoms with Crippen LogP contribution >= 0.6 is 0 Å². The lowest BCUT2D eigenvalue weighted by atomic mass is 10.1. The summed E-state index contributed by atoms with van der Waals surface area (Å²) < 4.78 is 1.21. The van der Waals surface area contributed by atoms with Crippen LogP contribution in [0.3, 0.4) is 0 Å². The van der Waals surface area contributed by atoms with Gasteiger partial charge in [-0.2, -0.15) is 0 Å². The van der Waals surface area contributed by atoms with Gasteiger partial charge in [-0.05, 0) is 49.1 Å². The van der Waals surface area contributed by atoms with Gasteiger partial charge in [-0.1, -0.05) is 42.5 Å². The molecule has 8 heteroatoms. The summed E-state index contributed by atoms with van der Waals surface area (Å²) in [6.45, 7) is 5.71. The van der Waals surface area contributed by atoms with E-state index in [9.17, 15) is 9.59 Å². The van der Waals surface area contributed by atoms with Crippen LogP contribution in [0.4, 0.5) is 17.2 Å². The van der Waals surface area contributed by atoms with Crippen LogP contribution in [0.15, 0.2) is 42.5 Å². The third-order valence-corrected chi connectivity index (χ3v) is 4.60. The number of carbonyl (C=O) groups is 2. The van der Waals surface area contributed by atoms with Crippen LogP contribution in [-0.2, 0) is 17.8 Å². The number of aromatic nitrogens is 3. The number of amides is 2. The molecule has 8 nitrogen and oxygen atoms in total. The van der Waals surface area contributed by atoms with E-state index < -0.39 is 5.91 Å². The van der Waals surface area contributed by atoms with Gasteiger partial charge in [0.15, 0.2) is 11.5 Å². The number of nitrogen functional groups attached to an aromatic ring is 1. The van der Waals surface area contributed by atoms with Crippen LogP contribution in [0, 0.1) is 13.8 Å². The minimum atomic E-state index is -0.473. The molecule has 0 unspecified atom stereocenters. The molecule has 0 radical (unpaired) electrons. The van der Waals surface area contributed by atoms with E-state index in [0.29, 0.717) is 5.69 Å². The minimum absolute atomic E-state index is 0.0207. The van der Waals surface area contributed by atoms with Crippen molar-refractivity contribution in [3.63, 3.8) is 0 Å². The van der Waals surface area contributed by atoms with Gasteiger partial charge in [-0.25, -0.2) is 4.68 Å². The zero-order valence-electron chi connectivity index (χ0n) is 16.7. The Morgan fingerprint density at radius 1 is 1.07 bits per heavy atom. The van der Waals surface area contributed by atoms with Crippen molar-refractivity contribution in [1.29, 1.82) is 0 Å². The minimum Gasteiger partial charge on any atom is -0.382 e. The molecule has 0 aliphatic carbocycles. The maximum absolute atomic E-state index is 12.6. The molecule has 0 aliphatic heterocycles. The molecule has 1 aromatic heterocycles. The van der Waals surface area contributed by atoms with E-state index >= 15 is 0 Å². The number of benzene rings is 2. The molecule has 0 fully saturated rings. The Hall–Kier alpha value is -3.68. The molecule has 3 rings (SSSR count). The maximum atomic E-state index is 12.6. The highest BCUT2D eigenvalue weighted by Gasteiger charge is 2.20. The van der Waals surface area contributed by atoms with Gasteiger partial charge in [-0.3, -0.25) is 9.59 Å². The first kappa shape index (κ1) is 20.1. The van der Waals surface area contributed by atoms with E-state index in [1.807, 2.05) is 63.2 Å². The average molecular weight is 392 g/mol. The van der Waals surface area contributed by atoms with Crippen molar-refractivity contribution < 1.29 is 9.59 Å². The first-order chi connectivity index (χ1) is 13.9. The molecule has 0 spiro atoms. The number of nitrogens with zero attached hydrogens (tertiary/aromatic N) is 3. The van der Waals surface area contributed by atoms with Gasteiger partial charge in [0.2, 0.25) is 5.91 Å². The molecule has 29 heavy (non-hydrogen) atoms. The standard InChI is InChI=1S/C21H24N6O2/c1-4-15-7-5-6-8-16(15)23-18(28)12-27-20(22)19(25-26-27)21(29)24-17-11-13(2)9-10-14(17)3/h5-11H,4,12,22H2,1-3H3,(H,23,28)(H,24,29). The van der Waals surface area contributed by atoms with Gasteiger partial charge >= 0.3 is 0 Å². The normalized spacial score (nSPS) is 10.6. The zero-order valence-corrected chi connectivity index (χ0v) is 16.7. The van der Waals surface area contributed by atoms with Crippen LogP contribution in [-0.4, -0.2) is 26.8 Å². The van der Waals surface area contributed by atoms with Gasteiger partial charge in [-0.15, -0.1) is 5.10 Å². The Labute approximate surface area is 169 Å². The van der Waals surface area contributed by atoms with Crippen LogP contribution in [0.1, 0.15) is 34.1 Å². The topological polar surface area (TPSA) is 115 Å². The fourth-order valence-corrected chi connectivity index (χ4v) is 2.93. The zero-order chi connectivity index (χ0) is 21.0. The van der Waals surface area contributed by atoms with Crippen molar-refractivity contribution in [1.82, 2.24) is 15.0 Å². The Kier molecular flexibility index (Phi) is 5.92. The molecule has 1 heterocycles. The lowest BCUT2D eigenvalue weighted by molar-refractivity contribution is -0.116. The lowest BCUT2D eigenvalue weighted by Crippen LogP contribution is -2.22. The largest absolute Gasteiger partial charge is 0.382 e. The highest BCUT2D eigenvalue weighted by Crippen LogP contribution is 2.19. The highest BCUT2D eigenvalue weighted by molar-refractivity contribution is 6.06. The van der Waals surface area contributed by atoms with Crippen LogP contribution in [0.25, 0.3) is 0 Å². The number of rotatable bonds is 6. The molecule has 3 aromatic rings. The Morgan fingerprint density at radius 3 is 2.59 bits per heavy atom. The SMILES string of the molecule is CCc1ccccc1NC(=O)Cn1nnc(C(=O)Nc2cc(C)ccc2C)c1N. The summed E-state index contributed by atoms with van der Waals surface area (Å²) in [6.07, 6.45) is 0.796. The number of aryl methyl sites for hydroxylation is 3. The molecule has 4 N–H and O–H groups in total. The van der Waals surface area contributed by atoms with Gasteiger partial charge in [0.1, 0.15) is 6.54 Å². The molecule has 150 valence electrons. The van der Waals surface area contributed by atoms with Crippen molar-refractivity contribution in [2.45, 2.75) is 33.7 Å². The highest BCUT2D eigenvalue weighted by atomic mass is 16.2. The maximum Gasteiger partial charge on any atom is 0.280 e. The van der Waals surface area contributed by atoms with Crippen molar-refractivity contribution in [3.05, 3.63) is 64.8 Å². The fourth-order valence-electron chi connectivity index (χ4n) is 2.93. The Balaban J connectivity index is 1.71. The van der Waals surface area contributed by atoms with E-state index in [1.54, 1.807) is 0 Å². The van der Waals surface area contributed by atoms with Gasteiger partial charge in [0.05, 0.1) is 0 Å². The van der Waals surface area contributed by atoms with Crippen LogP contribution < -0.4 is 16.4 Å². The third kappa shape index (κ3) is 4.60. The predicted octanol–water partition coefficient (Wildman–Crippen LogP) is 2.93. The quantitative estimate of drug-likeness (QED) is 0.597. The summed E-state index contributed by atoms with van der Waals surface area (Å²) in [7, 11) is 0. The van der Waals surface area contributed by atoms with Gasteiger partial charge in [0.25, 0.3) is 5.91 Å². The van der Waals surface area contributed by atoms with Gasteiger partial charge < -0.3 is 16.4 Å².